The number of carbonyl (C=O) groups is 3. The lowest BCUT2D eigenvalue weighted by atomic mass is 10.1. The van der Waals surface area contributed by atoms with Crippen molar-refractivity contribution in [2.24, 2.45) is 5.92 Å². The summed E-state index contributed by atoms with van der Waals surface area (Å²) >= 11 is 0. The van der Waals surface area contributed by atoms with Crippen molar-refractivity contribution < 1.29 is 19.5 Å². The number of para-hydroxylation sites is 1. The molecule has 1 aliphatic heterocycles. The van der Waals surface area contributed by atoms with Crippen molar-refractivity contribution in [2.75, 3.05) is 6.54 Å². The molecule has 2 N–H and O–H groups in total. The first-order valence-corrected chi connectivity index (χ1v) is 8.82. The van der Waals surface area contributed by atoms with Crippen LogP contribution in [0.5, 0.6) is 0 Å². The molecule has 1 aromatic heterocycles. The van der Waals surface area contributed by atoms with Crippen molar-refractivity contribution in [1.82, 2.24) is 14.8 Å². The highest BCUT2D eigenvalue weighted by molar-refractivity contribution is 6.07. The van der Waals surface area contributed by atoms with Gasteiger partial charge in [0.2, 0.25) is 5.91 Å². The zero-order chi connectivity index (χ0) is 18.4. The number of aromatic nitrogens is 1. The summed E-state index contributed by atoms with van der Waals surface area (Å²) in [5.41, 5.74) is 1.47. The van der Waals surface area contributed by atoms with E-state index in [1.807, 2.05) is 33.7 Å². The zero-order valence-electron chi connectivity index (χ0n) is 14.5. The third-order valence-corrected chi connectivity index (χ3v) is 5.46. The van der Waals surface area contributed by atoms with Crippen molar-refractivity contribution in [3.8, 4) is 0 Å². The Kier molecular flexibility index (Phi) is 3.94. The van der Waals surface area contributed by atoms with Crippen LogP contribution >= 0.6 is 0 Å². The predicted octanol–water partition coefficient (Wildman–Crippen LogP) is 2.10. The Bertz CT molecular complexity index is 903. The van der Waals surface area contributed by atoms with E-state index in [2.05, 4.69) is 5.32 Å². The van der Waals surface area contributed by atoms with Gasteiger partial charge in [-0.3, -0.25) is 9.59 Å². The van der Waals surface area contributed by atoms with Crippen LogP contribution in [0.3, 0.4) is 0 Å². The summed E-state index contributed by atoms with van der Waals surface area (Å²) in [4.78, 5) is 37.5. The van der Waals surface area contributed by atoms with Crippen LogP contribution < -0.4 is 5.32 Å². The number of carboxylic acid groups (broad SMARTS) is 1. The number of likely N-dealkylation sites (tertiary alicyclic amines) is 1. The van der Waals surface area contributed by atoms with E-state index < -0.39 is 6.09 Å². The maximum Gasteiger partial charge on any atom is 0.404 e. The maximum atomic E-state index is 13.0. The van der Waals surface area contributed by atoms with Crippen LogP contribution in [-0.2, 0) is 11.3 Å². The maximum absolute atomic E-state index is 13.0. The first kappa shape index (κ1) is 16.6. The average molecular weight is 355 g/mol. The van der Waals surface area contributed by atoms with Gasteiger partial charge in [0.1, 0.15) is 6.54 Å². The van der Waals surface area contributed by atoms with Crippen LogP contribution in [0.25, 0.3) is 10.9 Å². The number of hydrogen-bond acceptors (Lipinski definition) is 3. The summed E-state index contributed by atoms with van der Waals surface area (Å²) in [5, 5.41) is 12.1. The molecule has 7 heteroatoms. The van der Waals surface area contributed by atoms with Gasteiger partial charge in [0.05, 0.1) is 0 Å². The molecule has 136 valence electrons. The number of carbonyl (C=O) groups excluding carboxylic acids is 2. The molecular weight excluding hydrogens is 334 g/mol. The third-order valence-electron chi connectivity index (χ3n) is 5.46. The molecule has 2 aromatic rings. The van der Waals surface area contributed by atoms with Gasteiger partial charge < -0.3 is 19.9 Å². The van der Waals surface area contributed by atoms with Gasteiger partial charge in [-0.2, -0.15) is 0 Å². The average Bonchev–Trinajstić information content (AvgIpc) is 3.11. The zero-order valence-corrected chi connectivity index (χ0v) is 14.5. The molecule has 2 aliphatic rings. The fraction of sp³-hybridized carbons (Fsp3) is 0.421. The van der Waals surface area contributed by atoms with E-state index in [9.17, 15) is 14.4 Å². The van der Waals surface area contributed by atoms with Gasteiger partial charge in [0.25, 0.3) is 0 Å². The molecule has 26 heavy (non-hydrogen) atoms. The number of fused-ring (bicyclic) bond motifs is 2. The van der Waals surface area contributed by atoms with E-state index in [1.54, 1.807) is 6.20 Å². The second-order valence-electron chi connectivity index (χ2n) is 7.18. The van der Waals surface area contributed by atoms with Crippen LogP contribution in [0.15, 0.2) is 30.5 Å². The molecule has 4 rings (SSSR count). The molecule has 1 saturated carbocycles. The standard InChI is InChI=1S/C19H21N3O4/c1-11(23)15-9-21(16-5-3-2-4-14(15)16)10-18(24)22-13(8-20-19(25)26)6-12-7-17(12)22/h2-5,9,12-13,17,20H,6-8,10H2,1H3,(H,25,26)/t12-,13-,17+/m0/s1. The number of benzene rings is 1. The third kappa shape index (κ3) is 2.83. The molecule has 2 heterocycles. The van der Waals surface area contributed by atoms with E-state index in [0.29, 0.717) is 11.5 Å². The van der Waals surface area contributed by atoms with Crippen molar-refractivity contribution >= 4 is 28.7 Å². The molecule has 1 aromatic carbocycles. The Hall–Kier alpha value is -2.83. The van der Waals surface area contributed by atoms with Crippen molar-refractivity contribution in [3.05, 3.63) is 36.0 Å². The summed E-state index contributed by atoms with van der Waals surface area (Å²) in [5.74, 6) is 0.441. The lowest BCUT2D eigenvalue weighted by Gasteiger charge is -2.28. The van der Waals surface area contributed by atoms with E-state index in [4.69, 9.17) is 5.11 Å². The molecule has 1 aliphatic carbocycles. The Morgan fingerprint density at radius 1 is 1.23 bits per heavy atom. The van der Waals surface area contributed by atoms with E-state index in [-0.39, 0.29) is 36.9 Å². The second-order valence-corrected chi connectivity index (χ2v) is 7.18. The Morgan fingerprint density at radius 3 is 2.73 bits per heavy atom. The number of piperidine rings is 1. The smallest absolute Gasteiger partial charge is 0.404 e. The van der Waals surface area contributed by atoms with Crippen LogP contribution in [0.1, 0.15) is 30.1 Å². The van der Waals surface area contributed by atoms with Gasteiger partial charge in [-0.25, -0.2) is 4.79 Å². The second kappa shape index (κ2) is 6.16. The first-order chi connectivity index (χ1) is 12.5. The summed E-state index contributed by atoms with van der Waals surface area (Å²) in [6.45, 7) is 1.94. The monoisotopic (exact) mass is 355 g/mol. The van der Waals surface area contributed by atoms with Gasteiger partial charge in [-0.1, -0.05) is 18.2 Å². The lowest BCUT2D eigenvalue weighted by Crippen LogP contribution is -2.46. The Balaban J connectivity index is 1.57. The van der Waals surface area contributed by atoms with Gasteiger partial charge in [0.15, 0.2) is 5.78 Å². The summed E-state index contributed by atoms with van der Waals surface area (Å²) < 4.78 is 1.83. The van der Waals surface area contributed by atoms with Crippen molar-refractivity contribution in [1.29, 1.82) is 0 Å². The fourth-order valence-electron chi connectivity index (χ4n) is 4.22. The van der Waals surface area contributed by atoms with Crippen LogP contribution in [0, 0.1) is 5.92 Å². The molecule has 1 saturated heterocycles. The molecule has 3 atom stereocenters. The molecule has 0 bridgehead atoms. The topological polar surface area (TPSA) is 91.6 Å². The highest BCUT2D eigenvalue weighted by Crippen LogP contribution is 2.47. The number of nitrogens with zero attached hydrogens (tertiary/aromatic N) is 2. The minimum atomic E-state index is -1.07. The van der Waals surface area contributed by atoms with E-state index in [0.717, 1.165) is 23.7 Å². The summed E-state index contributed by atoms with van der Waals surface area (Å²) in [6.07, 6.45) is 2.53. The van der Waals surface area contributed by atoms with Crippen LogP contribution in [0.2, 0.25) is 0 Å². The van der Waals surface area contributed by atoms with Gasteiger partial charge in [-0.05, 0) is 31.7 Å². The number of Topliss-reactive ketones (excluding diaryl/α,β-unsaturated/α-hetero) is 1. The number of hydrogen-bond donors (Lipinski definition) is 2. The Morgan fingerprint density at radius 2 is 2.00 bits per heavy atom. The van der Waals surface area contributed by atoms with Crippen LogP contribution in [0.4, 0.5) is 4.79 Å². The highest BCUT2D eigenvalue weighted by atomic mass is 16.4. The molecule has 0 radical (unpaired) electrons. The Labute approximate surface area is 150 Å². The molecule has 2 fully saturated rings. The predicted molar refractivity (Wildman–Crippen MR) is 95.1 cm³/mol. The largest absolute Gasteiger partial charge is 0.465 e. The quantitative estimate of drug-likeness (QED) is 0.804. The van der Waals surface area contributed by atoms with Crippen LogP contribution in [-0.4, -0.2) is 51.0 Å². The summed E-state index contributed by atoms with van der Waals surface area (Å²) in [7, 11) is 0. The van der Waals surface area contributed by atoms with Gasteiger partial charge in [-0.15, -0.1) is 0 Å². The van der Waals surface area contributed by atoms with E-state index >= 15 is 0 Å². The van der Waals surface area contributed by atoms with Crippen molar-refractivity contribution in [2.45, 2.75) is 38.4 Å². The van der Waals surface area contributed by atoms with Gasteiger partial charge in [0, 0.05) is 41.3 Å². The van der Waals surface area contributed by atoms with Gasteiger partial charge >= 0.3 is 6.09 Å². The molecule has 2 amide bonds. The summed E-state index contributed by atoms with van der Waals surface area (Å²) in [6, 6.07) is 7.71. The minimum absolute atomic E-state index is 0.0250. The number of rotatable bonds is 5. The normalized spacial score (nSPS) is 23.7. The molecule has 0 unspecified atom stereocenters. The van der Waals surface area contributed by atoms with E-state index in [1.165, 1.54) is 6.92 Å². The first-order valence-electron chi connectivity index (χ1n) is 8.82. The SMILES string of the molecule is CC(=O)c1cn(CC(=O)N2[C@H](CNC(=O)O)C[C@H]3C[C@H]32)c2ccccc12. The molecule has 7 nitrogen and oxygen atoms in total. The number of ketones is 1. The van der Waals surface area contributed by atoms with Crippen molar-refractivity contribution in [3.63, 3.8) is 0 Å². The molecule has 0 spiro atoms. The number of nitrogens with one attached hydrogen (secondary N) is 1. The number of amides is 2. The minimum Gasteiger partial charge on any atom is -0.465 e. The fourth-order valence-corrected chi connectivity index (χ4v) is 4.22. The highest BCUT2D eigenvalue weighted by Gasteiger charge is 2.53. The molecular formula is C19H21N3O4. The lowest BCUT2D eigenvalue weighted by molar-refractivity contribution is -0.133.